The lowest BCUT2D eigenvalue weighted by Gasteiger charge is -2.15. The van der Waals surface area contributed by atoms with Gasteiger partial charge in [0.1, 0.15) is 0 Å². The minimum Gasteiger partial charge on any atom is -0.464 e. The fraction of sp³-hybridized carbons (Fsp3) is 0.231. The summed E-state index contributed by atoms with van der Waals surface area (Å²) in [7, 11) is 0. The molecule has 0 aliphatic heterocycles. The molecule has 0 saturated heterocycles. The van der Waals surface area contributed by atoms with Gasteiger partial charge in [0.15, 0.2) is 6.61 Å². The van der Waals surface area contributed by atoms with Crippen molar-refractivity contribution in [1.29, 1.82) is 0 Å². The Morgan fingerprint density at radius 1 is 1.17 bits per heavy atom. The van der Waals surface area contributed by atoms with Gasteiger partial charge >= 0.3 is 0 Å². The molecule has 1 heterocycles. The van der Waals surface area contributed by atoms with Crippen molar-refractivity contribution in [2.24, 2.45) is 5.73 Å². The van der Waals surface area contributed by atoms with Gasteiger partial charge in [0.2, 0.25) is 17.7 Å². The van der Waals surface area contributed by atoms with Crippen molar-refractivity contribution < 1.29 is 14.3 Å². The summed E-state index contributed by atoms with van der Waals surface area (Å²) < 4.78 is 5.95. The van der Waals surface area contributed by atoms with Crippen LogP contribution < -0.4 is 26.4 Å². The fourth-order valence-electron chi connectivity index (χ4n) is 3.23. The molecule has 2 aromatic carbocycles. The van der Waals surface area contributed by atoms with Gasteiger partial charge in [-0.25, -0.2) is 4.98 Å². The number of nitrogens with two attached hydrogens (primary N) is 1. The Balaban J connectivity index is 1.84. The second kappa shape index (κ2) is 12.7. The Labute approximate surface area is 218 Å². The van der Waals surface area contributed by atoms with E-state index in [1.807, 2.05) is 44.2 Å². The Hall–Kier alpha value is -3.94. The molecule has 36 heavy (non-hydrogen) atoms. The van der Waals surface area contributed by atoms with Crippen LogP contribution in [0.1, 0.15) is 42.2 Å². The average molecular weight is 551 g/mol. The first kappa shape index (κ1) is 26.7. The van der Waals surface area contributed by atoms with Crippen LogP contribution in [0.4, 0.5) is 17.3 Å². The Bertz CT molecular complexity index is 1260. The zero-order valence-electron chi connectivity index (χ0n) is 19.9. The van der Waals surface area contributed by atoms with Gasteiger partial charge in [0.05, 0.1) is 10.7 Å². The molecule has 2 amide bonds. The maximum Gasteiger partial charge on any atom is 0.251 e. The Kier molecular flexibility index (Phi) is 9.39. The number of ether oxygens (including phenoxy) is 1. The highest BCUT2D eigenvalue weighted by molar-refractivity contribution is 9.10. The largest absolute Gasteiger partial charge is 0.464 e. The van der Waals surface area contributed by atoms with E-state index in [4.69, 9.17) is 16.9 Å². The van der Waals surface area contributed by atoms with Gasteiger partial charge in [-0.2, -0.15) is 4.98 Å². The predicted molar refractivity (Wildman–Crippen MR) is 143 cm³/mol. The molecule has 10 heteroatoms. The summed E-state index contributed by atoms with van der Waals surface area (Å²) in [5.74, 6) is 2.28. The highest BCUT2D eigenvalue weighted by Gasteiger charge is 2.15. The number of hydrogen-bond acceptors (Lipinski definition) is 7. The zero-order valence-corrected chi connectivity index (χ0v) is 21.5. The SMILES string of the molecule is C#CCOc1nc(Nc2cc(NC(=O)CC(N)c3ccccc3)cc(C(=O)NC(C)C)c2)ncc1Br. The molecule has 0 aliphatic rings. The van der Waals surface area contributed by atoms with Crippen molar-refractivity contribution in [2.45, 2.75) is 32.4 Å². The van der Waals surface area contributed by atoms with Crippen LogP contribution in [-0.2, 0) is 4.79 Å². The molecule has 0 saturated carbocycles. The summed E-state index contributed by atoms with van der Waals surface area (Å²) in [6.45, 7) is 3.77. The van der Waals surface area contributed by atoms with Gasteiger partial charge < -0.3 is 26.4 Å². The van der Waals surface area contributed by atoms with Gasteiger partial charge in [-0.3, -0.25) is 9.59 Å². The lowest BCUT2D eigenvalue weighted by Crippen LogP contribution is -2.30. The first-order valence-electron chi connectivity index (χ1n) is 11.2. The van der Waals surface area contributed by atoms with Crippen LogP contribution in [0.3, 0.4) is 0 Å². The molecule has 1 aromatic heterocycles. The van der Waals surface area contributed by atoms with Gasteiger partial charge in [-0.15, -0.1) is 6.42 Å². The highest BCUT2D eigenvalue weighted by atomic mass is 79.9. The minimum atomic E-state index is -0.464. The highest BCUT2D eigenvalue weighted by Crippen LogP contribution is 2.26. The maximum absolute atomic E-state index is 12.7. The lowest BCUT2D eigenvalue weighted by molar-refractivity contribution is -0.116. The van der Waals surface area contributed by atoms with E-state index in [-0.39, 0.29) is 42.7 Å². The molecule has 5 N–H and O–H groups in total. The molecule has 1 atom stereocenters. The van der Waals surface area contributed by atoms with Crippen LogP contribution in [0.2, 0.25) is 0 Å². The number of nitrogens with one attached hydrogen (secondary N) is 3. The molecule has 0 spiro atoms. The summed E-state index contributed by atoms with van der Waals surface area (Å²) in [5, 5.41) is 8.73. The van der Waals surface area contributed by atoms with Gasteiger partial charge in [-0.05, 0) is 53.5 Å². The fourth-order valence-corrected chi connectivity index (χ4v) is 3.54. The van der Waals surface area contributed by atoms with Crippen LogP contribution in [0.5, 0.6) is 5.88 Å². The van der Waals surface area contributed by atoms with Crippen LogP contribution in [0.15, 0.2) is 59.2 Å². The number of amides is 2. The van der Waals surface area contributed by atoms with Gasteiger partial charge in [0.25, 0.3) is 5.91 Å². The van der Waals surface area contributed by atoms with E-state index in [2.05, 4.69) is 47.8 Å². The normalized spacial score (nSPS) is 11.3. The van der Waals surface area contributed by atoms with E-state index >= 15 is 0 Å². The van der Waals surface area contributed by atoms with Crippen molar-refractivity contribution in [2.75, 3.05) is 17.2 Å². The second-order valence-electron chi connectivity index (χ2n) is 8.16. The third-order valence-corrected chi connectivity index (χ3v) is 5.34. The first-order valence-corrected chi connectivity index (χ1v) is 12.0. The van der Waals surface area contributed by atoms with Crippen molar-refractivity contribution >= 4 is 45.1 Å². The van der Waals surface area contributed by atoms with Crippen LogP contribution >= 0.6 is 15.9 Å². The smallest absolute Gasteiger partial charge is 0.251 e. The molecular weight excluding hydrogens is 524 g/mol. The lowest BCUT2D eigenvalue weighted by atomic mass is 10.0. The van der Waals surface area contributed by atoms with Gasteiger partial charge in [0, 0.05) is 35.4 Å². The molecule has 0 bridgehead atoms. The number of nitrogens with zero attached hydrogens (tertiary/aromatic N) is 2. The maximum atomic E-state index is 12.7. The third-order valence-electron chi connectivity index (χ3n) is 4.79. The molecule has 9 nitrogen and oxygen atoms in total. The summed E-state index contributed by atoms with van der Waals surface area (Å²) in [4.78, 5) is 34.0. The second-order valence-corrected chi connectivity index (χ2v) is 9.02. The molecular formula is C26H27BrN6O3. The number of benzene rings is 2. The molecule has 0 aliphatic carbocycles. The quantitative estimate of drug-likeness (QED) is 0.278. The molecule has 3 rings (SSSR count). The number of terminal acetylenes is 1. The van der Waals surface area contributed by atoms with Crippen molar-refractivity contribution in [3.8, 4) is 18.2 Å². The first-order chi connectivity index (χ1) is 17.2. The predicted octanol–water partition coefficient (Wildman–Crippen LogP) is 4.16. The van der Waals surface area contributed by atoms with Crippen molar-refractivity contribution in [3.05, 3.63) is 70.3 Å². The zero-order chi connectivity index (χ0) is 26.1. The van der Waals surface area contributed by atoms with Crippen LogP contribution in [0, 0.1) is 12.3 Å². The van der Waals surface area contributed by atoms with Crippen LogP contribution in [-0.4, -0.2) is 34.4 Å². The van der Waals surface area contributed by atoms with E-state index in [0.717, 1.165) is 5.56 Å². The van der Waals surface area contributed by atoms with Crippen molar-refractivity contribution in [3.63, 3.8) is 0 Å². The van der Waals surface area contributed by atoms with E-state index in [0.29, 0.717) is 21.4 Å². The van der Waals surface area contributed by atoms with Crippen LogP contribution in [0.25, 0.3) is 0 Å². The van der Waals surface area contributed by atoms with E-state index in [1.165, 1.54) is 6.20 Å². The number of hydrogen-bond donors (Lipinski definition) is 4. The monoisotopic (exact) mass is 550 g/mol. The Morgan fingerprint density at radius 2 is 1.89 bits per heavy atom. The van der Waals surface area contributed by atoms with E-state index in [9.17, 15) is 9.59 Å². The minimum absolute atomic E-state index is 0.0429. The summed E-state index contributed by atoms with van der Waals surface area (Å²) in [5.41, 5.74) is 8.30. The molecule has 0 fully saturated rings. The third kappa shape index (κ3) is 7.80. The van der Waals surface area contributed by atoms with E-state index < -0.39 is 6.04 Å². The number of carbonyl (C=O) groups excluding carboxylic acids is 2. The number of anilines is 3. The van der Waals surface area contributed by atoms with Crippen molar-refractivity contribution in [1.82, 2.24) is 15.3 Å². The average Bonchev–Trinajstić information content (AvgIpc) is 2.84. The summed E-state index contributed by atoms with van der Waals surface area (Å²) >= 11 is 3.32. The van der Waals surface area contributed by atoms with Gasteiger partial charge in [-0.1, -0.05) is 36.3 Å². The summed E-state index contributed by atoms with van der Waals surface area (Å²) in [6.07, 6.45) is 6.85. The molecule has 0 radical (unpaired) electrons. The number of aromatic nitrogens is 2. The summed E-state index contributed by atoms with van der Waals surface area (Å²) in [6, 6.07) is 13.7. The molecule has 3 aromatic rings. The number of rotatable bonds is 10. The van der Waals surface area contributed by atoms with E-state index in [1.54, 1.807) is 18.2 Å². The Morgan fingerprint density at radius 3 is 2.58 bits per heavy atom. The topological polar surface area (TPSA) is 131 Å². The standard InChI is InChI=1S/C26H27BrN6O3/c1-4-10-36-25-21(27)15-29-26(33-25)32-20-12-18(24(35)30-16(2)3)11-19(13-20)31-23(34)14-22(28)17-8-6-5-7-9-17/h1,5-9,11-13,15-16,22H,10,14,28H2,2-3H3,(H,30,35)(H,31,34)(H,29,32,33). The molecule has 186 valence electrons. The molecule has 1 unspecified atom stereocenters. The number of carbonyl (C=O) groups is 2. The number of halogens is 1.